The number of aliphatic hydroxyl groups excluding tert-OH is 1. The van der Waals surface area contributed by atoms with Crippen LogP contribution in [0.2, 0.25) is 0 Å². The minimum absolute atomic E-state index is 0.0159. The fourth-order valence-corrected chi connectivity index (χ4v) is 8.23. The maximum Gasteiger partial charge on any atom is 0.326 e. The largest absolute Gasteiger partial charge is 0.508 e. The minimum Gasteiger partial charge on any atom is -0.508 e. The van der Waals surface area contributed by atoms with Crippen LogP contribution in [0.15, 0.2) is 6.07 Å². The zero-order chi connectivity index (χ0) is 27.1. The molecule has 0 aromatic heterocycles. The summed E-state index contributed by atoms with van der Waals surface area (Å²) in [6.07, 6.45) is 3.24. The number of nitrogens with zero attached hydrogens (tertiary/aromatic N) is 1. The summed E-state index contributed by atoms with van der Waals surface area (Å²) in [5.41, 5.74) is 5.56. The molecule has 0 unspecified atom stereocenters. The Balaban J connectivity index is 1.55. The number of nitrogens with two attached hydrogens (primary N) is 1. The van der Waals surface area contributed by atoms with E-state index in [0.717, 1.165) is 19.3 Å². The number of amides is 2. The van der Waals surface area contributed by atoms with E-state index in [1.165, 1.54) is 11.0 Å². The fourth-order valence-electron chi connectivity index (χ4n) is 8.23. The molecule has 9 nitrogen and oxygen atoms in total. The Hall–Kier alpha value is -2.81. The van der Waals surface area contributed by atoms with Crippen LogP contribution in [0.5, 0.6) is 11.5 Å². The van der Waals surface area contributed by atoms with Crippen molar-refractivity contribution in [3.63, 3.8) is 0 Å². The molecule has 0 bridgehead atoms. The SMILES string of the molecule is C[C@H]1CC[C@H]2C(C)(C)[C@H](O)CC[C@]2(C)[C@@]12Cc1c(O)cc3c(c1O2)CN([C@@H](CCC(N)=O)C(=O)O)C3=O. The van der Waals surface area contributed by atoms with Crippen molar-refractivity contribution in [2.75, 3.05) is 0 Å². The van der Waals surface area contributed by atoms with Crippen molar-refractivity contribution >= 4 is 17.8 Å². The molecule has 5 N–H and O–H groups in total. The Labute approximate surface area is 217 Å². The quantitative estimate of drug-likeness (QED) is 0.472. The molecule has 1 aromatic carbocycles. The molecule has 2 aliphatic heterocycles. The van der Waals surface area contributed by atoms with Crippen LogP contribution in [0.25, 0.3) is 0 Å². The molecular formula is C28H38N2O7. The first-order chi connectivity index (χ1) is 17.2. The molecule has 37 heavy (non-hydrogen) atoms. The number of aliphatic hydroxyl groups is 1. The second-order valence-corrected chi connectivity index (χ2v) is 12.5. The van der Waals surface area contributed by atoms with Gasteiger partial charge in [-0.2, -0.15) is 0 Å². The Bertz CT molecular complexity index is 1180. The van der Waals surface area contributed by atoms with Crippen LogP contribution in [0.3, 0.4) is 0 Å². The summed E-state index contributed by atoms with van der Waals surface area (Å²) in [4.78, 5) is 37.9. The monoisotopic (exact) mass is 514 g/mol. The van der Waals surface area contributed by atoms with Crippen LogP contribution in [0.4, 0.5) is 0 Å². The summed E-state index contributed by atoms with van der Waals surface area (Å²) in [7, 11) is 0. The lowest BCUT2D eigenvalue weighted by Gasteiger charge is -2.64. The van der Waals surface area contributed by atoms with Crippen molar-refractivity contribution in [1.82, 2.24) is 4.90 Å². The molecule has 202 valence electrons. The molecule has 2 saturated carbocycles. The van der Waals surface area contributed by atoms with Gasteiger partial charge in [0, 0.05) is 29.4 Å². The molecule has 4 aliphatic rings. The van der Waals surface area contributed by atoms with Gasteiger partial charge in [-0.3, -0.25) is 9.59 Å². The third kappa shape index (κ3) is 3.49. The number of carboxylic acid groups (broad SMARTS) is 1. The zero-order valence-electron chi connectivity index (χ0n) is 22.0. The third-order valence-electron chi connectivity index (χ3n) is 10.4. The van der Waals surface area contributed by atoms with Crippen LogP contribution in [-0.2, 0) is 22.6 Å². The molecular weight excluding hydrogens is 476 g/mol. The van der Waals surface area contributed by atoms with E-state index in [0.29, 0.717) is 29.7 Å². The maximum atomic E-state index is 13.3. The summed E-state index contributed by atoms with van der Waals surface area (Å²) < 4.78 is 6.97. The highest BCUT2D eigenvalue weighted by Crippen LogP contribution is 2.67. The minimum atomic E-state index is -1.21. The standard InChI is InChI=1S/C28H38N2O7/c1-14-5-7-20-26(2,3)21(32)9-10-27(20,4)28(14)12-16-19(31)11-15-17(23(16)37-28)13-30(24(15)34)18(25(35)36)6-8-22(29)33/h11,14,18,20-21,31-32H,5-10,12-13H2,1-4H3,(H2,29,33)(H,35,36)/t14-,18-,20-,21+,27-,28+/m0/s1. The number of carbonyl (C=O) groups excluding carboxylic acids is 2. The van der Waals surface area contributed by atoms with Crippen LogP contribution >= 0.6 is 0 Å². The molecule has 1 aromatic rings. The van der Waals surface area contributed by atoms with Crippen molar-refractivity contribution in [3.05, 3.63) is 22.8 Å². The summed E-state index contributed by atoms with van der Waals surface area (Å²) >= 11 is 0. The highest BCUT2D eigenvalue weighted by molar-refractivity contribution is 6.02. The Morgan fingerprint density at radius 2 is 1.92 bits per heavy atom. The van der Waals surface area contributed by atoms with E-state index in [1.54, 1.807) is 0 Å². The van der Waals surface area contributed by atoms with Gasteiger partial charge in [-0.25, -0.2) is 4.79 Å². The van der Waals surface area contributed by atoms with Crippen LogP contribution in [0.1, 0.15) is 87.7 Å². The van der Waals surface area contributed by atoms with Crippen molar-refractivity contribution in [2.24, 2.45) is 28.4 Å². The van der Waals surface area contributed by atoms with Gasteiger partial charge in [-0.15, -0.1) is 0 Å². The van der Waals surface area contributed by atoms with E-state index >= 15 is 0 Å². The number of benzene rings is 1. The smallest absolute Gasteiger partial charge is 0.326 e. The summed E-state index contributed by atoms with van der Waals surface area (Å²) in [6.45, 7) is 8.74. The lowest BCUT2D eigenvalue weighted by Crippen LogP contribution is -2.66. The van der Waals surface area contributed by atoms with Crippen molar-refractivity contribution in [2.45, 2.75) is 96.9 Å². The maximum absolute atomic E-state index is 13.3. The number of ether oxygens (including phenoxy) is 1. The topological polar surface area (TPSA) is 150 Å². The third-order valence-corrected chi connectivity index (χ3v) is 10.4. The number of phenolic OH excluding ortho intramolecular Hbond substituents is 1. The van der Waals surface area contributed by atoms with Gasteiger partial charge in [-0.1, -0.05) is 27.7 Å². The highest BCUT2D eigenvalue weighted by atomic mass is 16.5. The van der Waals surface area contributed by atoms with Gasteiger partial charge < -0.3 is 30.7 Å². The van der Waals surface area contributed by atoms with Gasteiger partial charge in [0.25, 0.3) is 5.91 Å². The molecule has 0 saturated heterocycles. The van der Waals surface area contributed by atoms with E-state index in [-0.39, 0.29) is 53.4 Å². The number of hydrogen-bond donors (Lipinski definition) is 4. The molecule has 1 spiro atoms. The number of fused-ring (bicyclic) bond motifs is 5. The molecule has 9 heteroatoms. The summed E-state index contributed by atoms with van der Waals surface area (Å²) in [5, 5.41) is 31.8. The second kappa shape index (κ2) is 8.35. The normalized spacial score (nSPS) is 34.5. The molecule has 2 heterocycles. The zero-order valence-corrected chi connectivity index (χ0v) is 22.0. The number of primary amides is 1. The Morgan fingerprint density at radius 3 is 2.57 bits per heavy atom. The Morgan fingerprint density at radius 1 is 1.22 bits per heavy atom. The number of phenols is 1. The van der Waals surface area contributed by atoms with Gasteiger partial charge in [-0.05, 0) is 55.4 Å². The van der Waals surface area contributed by atoms with Gasteiger partial charge in [0.15, 0.2) is 0 Å². The predicted molar refractivity (Wildman–Crippen MR) is 134 cm³/mol. The van der Waals surface area contributed by atoms with Gasteiger partial charge in [0.05, 0.1) is 18.2 Å². The number of carbonyl (C=O) groups is 3. The van der Waals surface area contributed by atoms with E-state index < -0.39 is 35.5 Å². The molecule has 2 fully saturated rings. The van der Waals surface area contributed by atoms with Crippen molar-refractivity contribution in [1.29, 1.82) is 0 Å². The number of rotatable bonds is 5. The molecule has 2 aliphatic carbocycles. The predicted octanol–water partition coefficient (Wildman–Crippen LogP) is 2.97. The number of carboxylic acids is 1. The van der Waals surface area contributed by atoms with Crippen LogP contribution in [0, 0.1) is 22.7 Å². The number of hydrogen-bond acceptors (Lipinski definition) is 6. The number of aromatic hydroxyl groups is 1. The average molecular weight is 515 g/mol. The van der Waals surface area contributed by atoms with E-state index in [1.807, 2.05) is 0 Å². The molecule has 2 amide bonds. The first kappa shape index (κ1) is 25.8. The lowest BCUT2D eigenvalue weighted by atomic mass is 9.43. The van der Waals surface area contributed by atoms with Gasteiger partial charge in [0.2, 0.25) is 5.91 Å². The van der Waals surface area contributed by atoms with E-state index in [4.69, 9.17) is 10.5 Å². The Kier molecular flexibility index (Phi) is 5.83. The van der Waals surface area contributed by atoms with E-state index in [2.05, 4.69) is 27.7 Å². The fraction of sp³-hybridized carbons (Fsp3) is 0.679. The molecule has 0 radical (unpaired) electrons. The van der Waals surface area contributed by atoms with Gasteiger partial charge >= 0.3 is 5.97 Å². The van der Waals surface area contributed by atoms with E-state index in [9.17, 15) is 29.7 Å². The van der Waals surface area contributed by atoms with Gasteiger partial charge in [0.1, 0.15) is 23.1 Å². The first-order valence-corrected chi connectivity index (χ1v) is 13.3. The lowest BCUT2D eigenvalue weighted by molar-refractivity contribution is -0.210. The average Bonchev–Trinajstić information content (AvgIpc) is 3.36. The van der Waals surface area contributed by atoms with Crippen molar-refractivity contribution in [3.8, 4) is 11.5 Å². The summed E-state index contributed by atoms with van der Waals surface area (Å²) in [6, 6.07) is 0.227. The number of aliphatic carboxylic acids is 1. The summed E-state index contributed by atoms with van der Waals surface area (Å²) in [5.74, 6) is -1.48. The molecule has 5 rings (SSSR count). The second-order valence-electron chi connectivity index (χ2n) is 12.5. The highest BCUT2D eigenvalue weighted by Gasteiger charge is 2.67. The van der Waals surface area contributed by atoms with Crippen molar-refractivity contribution < 1.29 is 34.4 Å². The van der Waals surface area contributed by atoms with Crippen LogP contribution in [-0.4, -0.2) is 55.8 Å². The molecule has 6 atom stereocenters. The first-order valence-electron chi connectivity index (χ1n) is 13.3. The van der Waals surface area contributed by atoms with Crippen LogP contribution < -0.4 is 10.5 Å².